The van der Waals surface area contributed by atoms with Gasteiger partial charge >= 0.3 is 12.2 Å². The molecule has 39 heavy (non-hydrogen) atoms. The molecular formula is C25H26Cl2F3N7O2. The molecule has 14 heteroatoms. The summed E-state index contributed by atoms with van der Waals surface area (Å²) in [5.41, 5.74) is 4.08. The summed E-state index contributed by atoms with van der Waals surface area (Å²) in [6, 6.07) is 13.8. The van der Waals surface area contributed by atoms with Crippen LogP contribution in [0, 0.1) is 0 Å². The third kappa shape index (κ3) is 7.71. The number of urea groups is 1. The van der Waals surface area contributed by atoms with Gasteiger partial charge in [0.05, 0.1) is 17.6 Å². The van der Waals surface area contributed by atoms with Gasteiger partial charge in [-0.05, 0) is 49.2 Å². The first-order valence-electron chi connectivity index (χ1n) is 11.7. The molecule has 0 saturated carbocycles. The summed E-state index contributed by atoms with van der Waals surface area (Å²) in [5.74, 6) is 0.723. The molecule has 208 valence electrons. The Morgan fingerprint density at radius 1 is 1.03 bits per heavy atom. The molecule has 9 nitrogen and oxygen atoms in total. The summed E-state index contributed by atoms with van der Waals surface area (Å²) in [4.78, 5) is 16.3. The van der Waals surface area contributed by atoms with Crippen LogP contribution in [0.15, 0.2) is 60.9 Å². The van der Waals surface area contributed by atoms with E-state index < -0.39 is 18.8 Å². The minimum atomic E-state index is -4.48. The van der Waals surface area contributed by atoms with E-state index in [0.29, 0.717) is 23.1 Å². The summed E-state index contributed by atoms with van der Waals surface area (Å²) in [7, 11) is 0. The zero-order chi connectivity index (χ0) is 25.8. The smallest absolute Gasteiger partial charge is 0.381 e. The normalized spacial score (nSPS) is 13.7. The number of carbonyl (C=O) groups is 1. The number of alkyl halides is 3. The van der Waals surface area contributed by atoms with E-state index in [9.17, 15) is 18.0 Å². The number of carbonyl (C=O) groups excluding carboxylic acids is 1. The summed E-state index contributed by atoms with van der Waals surface area (Å²) in [6.07, 6.45) is 0.941. The molecule has 3 N–H and O–H groups in total. The molecule has 1 saturated heterocycles. The van der Waals surface area contributed by atoms with Gasteiger partial charge in [-0.15, -0.1) is 35.0 Å². The Morgan fingerprint density at radius 3 is 2.54 bits per heavy atom. The number of rotatable bonds is 6. The monoisotopic (exact) mass is 583 g/mol. The highest BCUT2D eigenvalue weighted by Crippen LogP contribution is 2.26. The maximum absolute atomic E-state index is 12.3. The van der Waals surface area contributed by atoms with Crippen LogP contribution in [0.4, 0.5) is 29.5 Å². The molecule has 0 radical (unpaired) electrons. The lowest BCUT2D eigenvalue weighted by atomic mass is 10.1. The number of fused-ring (bicyclic) bond motifs is 1. The van der Waals surface area contributed by atoms with Crippen LogP contribution in [0.5, 0.6) is 0 Å². The second-order valence-electron chi connectivity index (χ2n) is 8.63. The number of imidazole rings is 1. The molecule has 3 aromatic heterocycles. The van der Waals surface area contributed by atoms with Gasteiger partial charge in [-0.1, -0.05) is 12.1 Å². The lowest BCUT2D eigenvalue weighted by Crippen LogP contribution is -2.36. The Kier molecular flexibility index (Phi) is 9.95. The van der Waals surface area contributed by atoms with Crippen LogP contribution in [0.3, 0.4) is 0 Å². The highest BCUT2D eigenvalue weighted by molar-refractivity contribution is 5.90. The number of amides is 2. The van der Waals surface area contributed by atoms with Crippen molar-refractivity contribution in [1.29, 1.82) is 0 Å². The lowest BCUT2D eigenvalue weighted by Gasteiger charge is -2.23. The number of halogens is 5. The van der Waals surface area contributed by atoms with E-state index in [1.165, 1.54) is 0 Å². The third-order valence-corrected chi connectivity index (χ3v) is 5.91. The Hall–Kier alpha value is -3.61. The molecule has 5 rings (SSSR count). The van der Waals surface area contributed by atoms with Crippen molar-refractivity contribution in [2.24, 2.45) is 0 Å². The molecule has 1 aromatic carbocycles. The summed E-state index contributed by atoms with van der Waals surface area (Å²) in [5, 5.41) is 16.3. The predicted octanol–water partition coefficient (Wildman–Crippen LogP) is 5.58. The number of hydrogen-bond donors (Lipinski definition) is 3. The summed E-state index contributed by atoms with van der Waals surface area (Å²) >= 11 is 0. The van der Waals surface area contributed by atoms with Crippen molar-refractivity contribution >= 4 is 48.0 Å². The first-order chi connectivity index (χ1) is 17.8. The Bertz CT molecular complexity index is 1390. The summed E-state index contributed by atoms with van der Waals surface area (Å²) < 4.78 is 44.2. The van der Waals surface area contributed by atoms with E-state index in [0.717, 1.165) is 48.7 Å². The average Bonchev–Trinajstić information content (AvgIpc) is 3.32. The van der Waals surface area contributed by atoms with Gasteiger partial charge in [-0.25, -0.2) is 9.78 Å². The van der Waals surface area contributed by atoms with Gasteiger partial charge in [0, 0.05) is 42.3 Å². The maximum atomic E-state index is 12.3. The highest BCUT2D eigenvalue weighted by Gasteiger charge is 2.27. The van der Waals surface area contributed by atoms with Gasteiger partial charge in [0.2, 0.25) is 0 Å². The zero-order valence-corrected chi connectivity index (χ0v) is 22.1. The first-order valence-corrected chi connectivity index (χ1v) is 11.7. The fourth-order valence-corrected chi connectivity index (χ4v) is 4.08. The quantitative estimate of drug-likeness (QED) is 0.274. The van der Waals surface area contributed by atoms with Crippen LogP contribution in [0.25, 0.3) is 28.2 Å². The van der Waals surface area contributed by atoms with Crippen LogP contribution in [0.1, 0.15) is 12.8 Å². The lowest BCUT2D eigenvalue weighted by molar-refractivity contribution is -0.122. The Labute approximate surface area is 234 Å². The number of hydrogen-bond acceptors (Lipinski definition) is 6. The van der Waals surface area contributed by atoms with Crippen molar-refractivity contribution in [2.45, 2.75) is 25.1 Å². The molecule has 0 aliphatic carbocycles. The SMILES string of the molecule is Cl.Cl.O=C(NCC(F)(F)F)Nc1cccc(-c2cnc3cc(-c4ccc(NC5CCOCC5)nn4)ccn23)c1. The van der Waals surface area contributed by atoms with Crippen molar-refractivity contribution < 1.29 is 22.7 Å². The summed E-state index contributed by atoms with van der Waals surface area (Å²) in [6.45, 7) is 0.0782. The predicted molar refractivity (Wildman–Crippen MR) is 147 cm³/mol. The zero-order valence-electron chi connectivity index (χ0n) is 20.4. The third-order valence-electron chi connectivity index (χ3n) is 5.91. The topological polar surface area (TPSA) is 105 Å². The van der Waals surface area contributed by atoms with Crippen LogP contribution < -0.4 is 16.0 Å². The molecule has 4 heterocycles. The van der Waals surface area contributed by atoms with Crippen LogP contribution in [-0.4, -0.2) is 57.6 Å². The molecule has 1 aliphatic rings. The molecule has 0 bridgehead atoms. The number of anilines is 2. The van der Waals surface area contributed by atoms with Gasteiger partial charge in [-0.2, -0.15) is 13.2 Å². The van der Waals surface area contributed by atoms with E-state index in [2.05, 4.69) is 25.8 Å². The molecule has 4 aromatic rings. The number of pyridine rings is 1. The second-order valence-corrected chi connectivity index (χ2v) is 8.63. The fourth-order valence-electron chi connectivity index (χ4n) is 4.08. The van der Waals surface area contributed by atoms with Crippen molar-refractivity contribution in [2.75, 3.05) is 30.4 Å². The number of nitrogens with one attached hydrogen (secondary N) is 3. The first kappa shape index (κ1) is 29.9. The van der Waals surface area contributed by atoms with E-state index in [1.54, 1.807) is 29.7 Å². The number of nitrogens with zero attached hydrogens (tertiary/aromatic N) is 4. The number of aromatic nitrogens is 4. The van der Waals surface area contributed by atoms with Gasteiger partial charge < -0.3 is 20.7 Å². The molecule has 1 fully saturated rings. The molecule has 0 spiro atoms. The minimum Gasteiger partial charge on any atom is -0.381 e. The second kappa shape index (κ2) is 13.0. The van der Waals surface area contributed by atoms with E-state index in [1.807, 2.05) is 40.9 Å². The largest absolute Gasteiger partial charge is 0.405 e. The van der Waals surface area contributed by atoms with Gasteiger partial charge in [0.15, 0.2) is 0 Å². The van der Waals surface area contributed by atoms with Crippen molar-refractivity contribution in [3.05, 3.63) is 60.9 Å². The van der Waals surface area contributed by atoms with Crippen molar-refractivity contribution in [3.8, 4) is 22.5 Å². The van der Waals surface area contributed by atoms with Crippen molar-refractivity contribution in [3.63, 3.8) is 0 Å². The molecule has 0 unspecified atom stereocenters. The molecule has 2 amide bonds. The van der Waals surface area contributed by atoms with Crippen LogP contribution in [-0.2, 0) is 4.74 Å². The Morgan fingerprint density at radius 2 is 1.82 bits per heavy atom. The number of benzene rings is 1. The molecule has 1 aliphatic heterocycles. The fraction of sp³-hybridized carbons (Fsp3) is 0.280. The number of ether oxygens (including phenoxy) is 1. The molecular weight excluding hydrogens is 558 g/mol. The van der Waals surface area contributed by atoms with E-state index in [4.69, 9.17) is 4.74 Å². The maximum Gasteiger partial charge on any atom is 0.405 e. The standard InChI is InChI=1S/C25H24F3N7O2.2ClH/c26-25(27,28)15-30-24(36)32-19-3-1-2-17(12-19)21-14-29-23-13-16(6-9-35(21)23)20-4-5-22(34-33-20)31-18-7-10-37-11-8-18;;/h1-6,9,12-14,18H,7-8,10-11,15H2,(H,31,34)(H2,30,32,36);2*1H. The minimum absolute atomic E-state index is 0. The highest BCUT2D eigenvalue weighted by atomic mass is 35.5. The average molecular weight is 584 g/mol. The van der Waals surface area contributed by atoms with Gasteiger partial charge in [0.1, 0.15) is 18.0 Å². The van der Waals surface area contributed by atoms with E-state index in [-0.39, 0.29) is 24.8 Å². The van der Waals surface area contributed by atoms with Gasteiger partial charge in [0.25, 0.3) is 0 Å². The van der Waals surface area contributed by atoms with E-state index >= 15 is 0 Å². The Balaban J connectivity index is 0.00000210. The molecule has 0 atom stereocenters. The van der Waals surface area contributed by atoms with Crippen LogP contribution >= 0.6 is 24.8 Å². The van der Waals surface area contributed by atoms with Gasteiger partial charge in [-0.3, -0.25) is 4.40 Å². The van der Waals surface area contributed by atoms with Crippen molar-refractivity contribution in [1.82, 2.24) is 24.9 Å². The van der Waals surface area contributed by atoms with Crippen LogP contribution in [0.2, 0.25) is 0 Å².